The van der Waals surface area contributed by atoms with E-state index in [1.165, 1.54) is 11.9 Å². The quantitative estimate of drug-likeness (QED) is 0.692. The van der Waals surface area contributed by atoms with Gasteiger partial charge in [-0.3, -0.25) is 14.4 Å². The predicted molar refractivity (Wildman–Crippen MR) is 109 cm³/mol. The topological polar surface area (TPSA) is 75.7 Å². The minimum absolute atomic E-state index is 0.0399. The van der Waals surface area contributed by atoms with Crippen LogP contribution >= 0.6 is 23.2 Å². The Kier molecular flexibility index (Phi) is 7.84. The third-order valence-corrected chi connectivity index (χ3v) is 4.57. The van der Waals surface area contributed by atoms with Gasteiger partial charge in [-0.15, -0.1) is 0 Å². The molecule has 0 heterocycles. The van der Waals surface area contributed by atoms with Gasteiger partial charge in [0.25, 0.3) is 5.91 Å². The number of anilines is 1. The van der Waals surface area contributed by atoms with Crippen molar-refractivity contribution in [1.82, 2.24) is 4.90 Å². The summed E-state index contributed by atoms with van der Waals surface area (Å²) in [6.07, 6.45) is -0.0399. The number of carbonyl (C=O) groups is 3. The number of benzene rings is 2. The summed E-state index contributed by atoms with van der Waals surface area (Å²) in [6.45, 7) is 1.34. The van der Waals surface area contributed by atoms with Gasteiger partial charge in [0.1, 0.15) is 0 Å². The molecule has 0 spiro atoms. The van der Waals surface area contributed by atoms with E-state index >= 15 is 0 Å². The summed E-state index contributed by atoms with van der Waals surface area (Å²) < 4.78 is 4.97. The van der Waals surface area contributed by atoms with Gasteiger partial charge in [-0.25, -0.2) is 0 Å². The van der Waals surface area contributed by atoms with E-state index in [2.05, 4.69) is 5.32 Å². The average molecular weight is 423 g/mol. The van der Waals surface area contributed by atoms with Crippen LogP contribution in [-0.2, 0) is 25.5 Å². The molecule has 1 N–H and O–H groups in total. The van der Waals surface area contributed by atoms with Crippen molar-refractivity contribution in [2.24, 2.45) is 0 Å². The standard InChI is InChI=1S/C20H20Cl2N2O4/c1-13-3-6-15(7-4-13)23-18(25)11-24(2)19(26)12-28-20(27)10-14-5-8-16(21)17(22)9-14/h3-9H,10-12H2,1-2H3,(H,23,25). The third-order valence-electron chi connectivity index (χ3n) is 3.83. The highest BCUT2D eigenvalue weighted by Crippen LogP contribution is 2.22. The molecule has 0 fully saturated rings. The summed E-state index contributed by atoms with van der Waals surface area (Å²) in [5, 5.41) is 3.42. The fourth-order valence-electron chi connectivity index (χ4n) is 2.26. The molecule has 8 heteroatoms. The predicted octanol–water partition coefficient (Wildman–Crippen LogP) is 3.48. The van der Waals surface area contributed by atoms with Crippen LogP contribution < -0.4 is 5.32 Å². The zero-order valence-corrected chi connectivity index (χ0v) is 17.0. The number of hydrogen-bond donors (Lipinski definition) is 1. The van der Waals surface area contributed by atoms with E-state index in [4.69, 9.17) is 27.9 Å². The molecule has 2 aromatic carbocycles. The summed E-state index contributed by atoms with van der Waals surface area (Å²) in [7, 11) is 1.46. The van der Waals surface area contributed by atoms with Gasteiger partial charge in [0.05, 0.1) is 23.0 Å². The van der Waals surface area contributed by atoms with Crippen molar-refractivity contribution >= 4 is 46.7 Å². The first-order valence-electron chi connectivity index (χ1n) is 8.44. The lowest BCUT2D eigenvalue weighted by molar-refractivity contribution is -0.151. The van der Waals surface area contributed by atoms with Gasteiger partial charge >= 0.3 is 5.97 Å². The molecule has 0 saturated carbocycles. The second-order valence-electron chi connectivity index (χ2n) is 6.25. The van der Waals surface area contributed by atoms with E-state index in [9.17, 15) is 14.4 Å². The monoisotopic (exact) mass is 422 g/mol. The van der Waals surface area contributed by atoms with Gasteiger partial charge in [0.15, 0.2) is 6.61 Å². The zero-order chi connectivity index (χ0) is 20.7. The second kappa shape index (κ2) is 10.1. The van der Waals surface area contributed by atoms with Gasteiger partial charge in [0, 0.05) is 12.7 Å². The third kappa shape index (κ3) is 6.87. The molecule has 0 bridgehead atoms. The van der Waals surface area contributed by atoms with E-state index in [0.29, 0.717) is 21.3 Å². The Morgan fingerprint density at radius 2 is 1.71 bits per heavy atom. The Balaban J connectivity index is 1.76. The highest BCUT2D eigenvalue weighted by Gasteiger charge is 2.16. The molecule has 0 aromatic heterocycles. The SMILES string of the molecule is Cc1ccc(NC(=O)CN(C)C(=O)COC(=O)Cc2ccc(Cl)c(Cl)c2)cc1. The van der Waals surface area contributed by atoms with Crippen molar-refractivity contribution in [3.05, 3.63) is 63.6 Å². The van der Waals surface area contributed by atoms with Crippen LogP contribution in [0.2, 0.25) is 10.0 Å². The molecule has 0 radical (unpaired) electrons. The number of hydrogen-bond acceptors (Lipinski definition) is 4. The largest absolute Gasteiger partial charge is 0.455 e. The molecule has 6 nitrogen and oxygen atoms in total. The van der Waals surface area contributed by atoms with Crippen LogP contribution in [0.3, 0.4) is 0 Å². The maximum atomic E-state index is 12.1. The molecule has 0 aliphatic heterocycles. The van der Waals surface area contributed by atoms with Gasteiger partial charge in [0.2, 0.25) is 5.91 Å². The van der Waals surface area contributed by atoms with E-state index in [1.54, 1.807) is 30.3 Å². The number of esters is 1. The first kappa shape index (κ1) is 21.7. The van der Waals surface area contributed by atoms with Crippen molar-refractivity contribution in [3.8, 4) is 0 Å². The molecule has 2 rings (SSSR count). The average Bonchev–Trinajstić information content (AvgIpc) is 2.64. The first-order chi connectivity index (χ1) is 13.2. The van der Waals surface area contributed by atoms with Crippen LogP contribution in [0.15, 0.2) is 42.5 Å². The molecular weight excluding hydrogens is 403 g/mol. The zero-order valence-electron chi connectivity index (χ0n) is 15.5. The number of ether oxygens (including phenoxy) is 1. The Bertz CT molecular complexity index is 869. The van der Waals surface area contributed by atoms with E-state index in [-0.39, 0.29) is 18.9 Å². The first-order valence-corrected chi connectivity index (χ1v) is 9.20. The van der Waals surface area contributed by atoms with Gasteiger partial charge in [-0.05, 0) is 36.8 Å². The maximum absolute atomic E-state index is 12.1. The van der Waals surface area contributed by atoms with Crippen LogP contribution in [0, 0.1) is 6.92 Å². The molecule has 0 saturated heterocycles. The molecule has 28 heavy (non-hydrogen) atoms. The molecule has 0 aliphatic carbocycles. The van der Waals surface area contributed by atoms with Crippen molar-refractivity contribution in [3.63, 3.8) is 0 Å². The molecular formula is C20H20Cl2N2O4. The smallest absolute Gasteiger partial charge is 0.310 e. The number of likely N-dealkylation sites (N-methyl/N-ethyl adjacent to an activating group) is 1. The minimum Gasteiger partial charge on any atom is -0.455 e. The Hall–Kier alpha value is -2.57. The molecule has 2 aromatic rings. The fourth-order valence-corrected chi connectivity index (χ4v) is 2.58. The van der Waals surface area contributed by atoms with Crippen molar-refractivity contribution < 1.29 is 19.1 Å². The van der Waals surface area contributed by atoms with Crippen LogP contribution in [0.25, 0.3) is 0 Å². The Labute approximate surface area is 173 Å². The summed E-state index contributed by atoms with van der Waals surface area (Å²) in [4.78, 5) is 37.1. The number of nitrogens with zero attached hydrogens (tertiary/aromatic N) is 1. The maximum Gasteiger partial charge on any atom is 0.310 e. The Morgan fingerprint density at radius 3 is 2.36 bits per heavy atom. The minimum atomic E-state index is -0.579. The molecule has 148 valence electrons. The molecule has 0 unspecified atom stereocenters. The van der Waals surface area contributed by atoms with E-state index in [0.717, 1.165) is 5.56 Å². The second-order valence-corrected chi connectivity index (χ2v) is 7.06. The highest BCUT2D eigenvalue weighted by molar-refractivity contribution is 6.42. The normalized spacial score (nSPS) is 10.3. The van der Waals surface area contributed by atoms with Crippen LogP contribution in [-0.4, -0.2) is 42.9 Å². The molecule has 0 atom stereocenters. The number of halogens is 2. The number of aryl methyl sites for hydroxylation is 1. The van der Waals surface area contributed by atoms with Gasteiger partial charge < -0.3 is 15.0 Å². The summed E-state index contributed by atoms with van der Waals surface area (Å²) >= 11 is 11.7. The summed E-state index contributed by atoms with van der Waals surface area (Å²) in [5.41, 5.74) is 2.34. The number of amides is 2. The summed E-state index contributed by atoms with van der Waals surface area (Å²) in [5.74, 6) is -1.41. The van der Waals surface area contributed by atoms with Crippen molar-refractivity contribution in [1.29, 1.82) is 0 Å². The molecule has 2 amide bonds. The lowest BCUT2D eigenvalue weighted by Gasteiger charge is -2.17. The number of nitrogens with one attached hydrogen (secondary N) is 1. The lowest BCUT2D eigenvalue weighted by Crippen LogP contribution is -2.37. The van der Waals surface area contributed by atoms with Crippen LogP contribution in [0.1, 0.15) is 11.1 Å². The summed E-state index contributed by atoms with van der Waals surface area (Å²) in [6, 6.07) is 12.1. The van der Waals surface area contributed by atoms with Crippen molar-refractivity contribution in [2.75, 3.05) is 25.5 Å². The number of carbonyl (C=O) groups excluding carboxylic acids is 3. The lowest BCUT2D eigenvalue weighted by atomic mass is 10.1. The van der Waals surface area contributed by atoms with Crippen LogP contribution in [0.5, 0.6) is 0 Å². The van der Waals surface area contributed by atoms with Gasteiger partial charge in [-0.2, -0.15) is 0 Å². The number of rotatable bonds is 7. The fraction of sp³-hybridized carbons (Fsp3) is 0.250. The Morgan fingerprint density at radius 1 is 1.04 bits per heavy atom. The molecule has 0 aliphatic rings. The van der Waals surface area contributed by atoms with E-state index in [1.807, 2.05) is 19.1 Å². The van der Waals surface area contributed by atoms with Gasteiger partial charge in [-0.1, -0.05) is 47.0 Å². The highest BCUT2D eigenvalue weighted by atomic mass is 35.5. The van der Waals surface area contributed by atoms with Crippen LogP contribution in [0.4, 0.5) is 5.69 Å². The van der Waals surface area contributed by atoms with E-state index < -0.39 is 18.5 Å². The van der Waals surface area contributed by atoms with Crippen molar-refractivity contribution in [2.45, 2.75) is 13.3 Å².